The molecular formula is C21H19BrClNO2. The number of ether oxygens (including phenoxy) is 2. The molecule has 3 aromatic carbocycles. The molecule has 0 spiro atoms. The second-order valence-corrected chi connectivity index (χ2v) is 7.10. The van der Waals surface area contributed by atoms with Gasteiger partial charge in [-0.3, -0.25) is 0 Å². The summed E-state index contributed by atoms with van der Waals surface area (Å²) < 4.78 is 12.2. The summed E-state index contributed by atoms with van der Waals surface area (Å²) in [7, 11) is 1.66. The van der Waals surface area contributed by atoms with Gasteiger partial charge in [0.25, 0.3) is 0 Å². The SMILES string of the molecule is COc1ccc(NCc2cc(Cl)ccc2OCc2ccc(Br)cc2)cc1. The van der Waals surface area contributed by atoms with Crippen LogP contribution < -0.4 is 14.8 Å². The molecule has 1 N–H and O–H groups in total. The van der Waals surface area contributed by atoms with E-state index in [2.05, 4.69) is 21.2 Å². The van der Waals surface area contributed by atoms with Crippen LogP contribution in [0.2, 0.25) is 5.02 Å². The van der Waals surface area contributed by atoms with Gasteiger partial charge >= 0.3 is 0 Å². The van der Waals surface area contributed by atoms with Gasteiger partial charge in [0, 0.05) is 27.3 Å². The van der Waals surface area contributed by atoms with Crippen LogP contribution >= 0.6 is 27.5 Å². The zero-order valence-electron chi connectivity index (χ0n) is 14.3. The quantitative estimate of drug-likeness (QED) is 0.475. The third-order valence-corrected chi connectivity index (χ3v) is 4.67. The third-order valence-electron chi connectivity index (χ3n) is 3.90. The van der Waals surface area contributed by atoms with E-state index in [-0.39, 0.29) is 0 Å². The van der Waals surface area contributed by atoms with Crippen molar-refractivity contribution in [2.75, 3.05) is 12.4 Å². The molecule has 3 nitrogen and oxygen atoms in total. The van der Waals surface area contributed by atoms with Crippen LogP contribution in [-0.4, -0.2) is 7.11 Å². The van der Waals surface area contributed by atoms with Crippen molar-refractivity contribution in [3.8, 4) is 11.5 Å². The van der Waals surface area contributed by atoms with Crippen LogP contribution in [0, 0.1) is 0 Å². The fourth-order valence-electron chi connectivity index (χ4n) is 2.47. The lowest BCUT2D eigenvalue weighted by atomic mass is 10.2. The first-order valence-corrected chi connectivity index (χ1v) is 9.35. The largest absolute Gasteiger partial charge is 0.497 e. The van der Waals surface area contributed by atoms with E-state index < -0.39 is 0 Å². The average molecular weight is 433 g/mol. The Hall–Kier alpha value is -2.17. The van der Waals surface area contributed by atoms with Gasteiger partial charge in [-0.2, -0.15) is 0 Å². The standard InChI is InChI=1S/C21H19BrClNO2/c1-25-20-9-7-19(8-10-20)24-13-16-12-18(23)6-11-21(16)26-14-15-2-4-17(22)5-3-15/h2-12,24H,13-14H2,1H3. The van der Waals surface area contributed by atoms with Gasteiger partial charge in [-0.25, -0.2) is 0 Å². The van der Waals surface area contributed by atoms with E-state index in [1.165, 1.54) is 0 Å². The van der Waals surface area contributed by atoms with Crippen molar-refractivity contribution in [3.63, 3.8) is 0 Å². The lowest BCUT2D eigenvalue weighted by Crippen LogP contribution is -2.04. The number of rotatable bonds is 7. The molecular weight excluding hydrogens is 414 g/mol. The molecule has 0 aliphatic rings. The monoisotopic (exact) mass is 431 g/mol. The zero-order valence-corrected chi connectivity index (χ0v) is 16.7. The summed E-state index contributed by atoms with van der Waals surface area (Å²) >= 11 is 9.61. The van der Waals surface area contributed by atoms with Gasteiger partial charge in [0.2, 0.25) is 0 Å². The number of hydrogen-bond acceptors (Lipinski definition) is 3. The molecule has 0 radical (unpaired) electrons. The number of methoxy groups -OCH3 is 1. The normalized spacial score (nSPS) is 10.4. The molecule has 0 atom stereocenters. The molecule has 0 heterocycles. The van der Waals surface area contributed by atoms with Gasteiger partial charge in [-0.1, -0.05) is 39.7 Å². The molecule has 5 heteroatoms. The number of nitrogens with one attached hydrogen (secondary N) is 1. The molecule has 0 fully saturated rings. The summed E-state index contributed by atoms with van der Waals surface area (Å²) in [6, 6.07) is 21.6. The van der Waals surface area contributed by atoms with E-state index in [0.29, 0.717) is 18.2 Å². The maximum Gasteiger partial charge on any atom is 0.124 e. The van der Waals surface area contributed by atoms with Gasteiger partial charge in [0.15, 0.2) is 0 Å². The first-order valence-electron chi connectivity index (χ1n) is 8.17. The van der Waals surface area contributed by atoms with Crippen LogP contribution in [0.4, 0.5) is 5.69 Å². The molecule has 3 aromatic rings. The van der Waals surface area contributed by atoms with E-state index in [4.69, 9.17) is 21.1 Å². The summed E-state index contributed by atoms with van der Waals surface area (Å²) in [5, 5.41) is 4.07. The Morgan fingerprint density at radius 3 is 2.38 bits per heavy atom. The van der Waals surface area contributed by atoms with Gasteiger partial charge in [-0.05, 0) is 60.2 Å². The van der Waals surface area contributed by atoms with E-state index in [1.54, 1.807) is 7.11 Å². The smallest absolute Gasteiger partial charge is 0.124 e. The molecule has 3 rings (SSSR count). The molecule has 0 unspecified atom stereocenters. The van der Waals surface area contributed by atoms with Crippen LogP contribution in [-0.2, 0) is 13.2 Å². The second-order valence-electron chi connectivity index (χ2n) is 5.75. The maximum atomic E-state index is 6.17. The van der Waals surface area contributed by atoms with E-state index in [9.17, 15) is 0 Å². The number of anilines is 1. The van der Waals surface area contributed by atoms with Crippen molar-refractivity contribution in [2.45, 2.75) is 13.2 Å². The Balaban J connectivity index is 1.67. The fourth-order valence-corrected chi connectivity index (χ4v) is 2.93. The second kappa shape index (κ2) is 8.97. The summed E-state index contributed by atoms with van der Waals surface area (Å²) in [5.74, 6) is 1.65. The van der Waals surface area contributed by atoms with Crippen LogP contribution in [0.25, 0.3) is 0 Å². The Morgan fingerprint density at radius 1 is 0.962 bits per heavy atom. The average Bonchev–Trinajstić information content (AvgIpc) is 2.67. The first-order chi connectivity index (χ1) is 12.6. The predicted octanol–water partition coefficient (Wildman–Crippen LogP) is 6.30. The van der Waals surface area contributed by atoms with Crippen molar-refractivity contribution >= 4 is 33.2 Å². The summed E-state index contributed by atoms with van der Waals surface area (Å²) in [5.41, 5.74) is 3.12. The Labute approximate surface area is 167 Å². The lowest BCUT2D eigenvalue weighted by Gasteiger charge is -2.14. The number of hydrogen-bond donors (Lipinski definition) is 1. The van der Waals surface area contributed by atoms with E-state index in [0.717, 1.165) is 32.8 Å². The minimum atomic E-state index is 0.504. The molecule has 0 saturated carbocycles. The van der Waals surface area contributed by atoms with E-state index >= 15 is 0 Å². The summed E-state index contributed by atoms with van der Waals surface area (Å²) in [6.07, 6.45) is 0. The van der Waals surface area contributed by atoms with Crippen LogP contribution in [0.3, 0.4) is 0 Å². The fraction of sp³-hybridized carbons (Fsp3) is 0.143. The Kier molecular flexibility index (Phi) is 6.42. The molecule has 0 aliphatic heterocycles. The van der Waals surface area contributed by atoms with Crippen molar-refractivity contribution in [1.82, 2.24) is 0 Å². The highest BCUT2D eigenvalue weighted by Gasteiger charge is 2.06. The highest BCUT2D eigenvalue weighted by atomic mass is 79.9. The van der Waals surface area contributed by atoms with Crippen molar-refractivity contribution < 1.29 is 9.47 Å². The number of halogens is 2. The van der Waals surface area contributed by atoms with Crippen molar-refractivity contribution in [1.29, 1.82) is 0 Å². The first kappa shape index (κ1) is 18.6. The van der Waals surface area contributed by atoms with Crippen LogP contribution in [0.1, 0.15) is 11.1 Å². The van der Waals surface area contributed by atoms with Gasteiger partial charge in [-0.15, -0.1) is 0 Å². The lowest BCUT2D eigenvalue weighted by molar-refractivity contribution is 0.303. The number of benzene rings is 3. The van der Waals surface area contributed by atoms with Gasteiger partial charge in [0.05, 0.1) is 7.11 Å². The predicted molar refractivity (Wildman–Crippen MR) is 110 cm³/mol. The molecule has 0 saturated heterocycles. The Morgan fingerprint density at radius 2 is 1.69 bits per heavy atom. The van der Waals surface area contributed by atoms with E-state index in [1.807, 2.05) is 66.7 Å². The minimum Gasteiger partial charge on any atom is -0.497 e. The third kappa shape index (κ3) is 5.16. The Bertz CT molecular complexity index is 851. The van der Waals surface area contributed by atoms with Crippen LogP contribution in [0.5, 0.6) is 11.5 Å². The van der Waals surface area contributed by atoms with Gasteiger partial charge < -0.3 is 14.8 Å². The van der Waals surface area contributed by atoms with Crippen LogP contribution in [0.15, 0.2) is 71.2 Å². The molecule has 26 heavy (non-hydrogen) atoms. The molecule has 0 aromatic heterocycles. The minimum absolute atomic E-state index is 0.504. The molecule has 134 valence electrons. The van der Waals surface area contributed by atoms with Crippen molar-refractivity contribution in [2.24, 2.45) is 0 Å². The molecule has 0 bridgehead atoms. The summed E-state index contributed by atoms with van der Waals surface area (Å²) in [4.78, 5) is 0. The summed E-state index contributed by atoms with van der Waals surface area (Å²) in [6.45, 7) is 1.12. The molecule has 0 aliphatic carbocycles. The topological polar surface area (TPSA) is 30.5 Å². The highest BCUT2D eigenvalue weighted by Crippen LogP contribution is 2.25. The molecule has 0 amide bonds. The van der Waals surface area contributed by atoms with Gasteiger partial charge in [0.1, 0.15) is 18.1 Å². The zero-order chi connectivity index (χ0) is 18.4. The maximum absolute atomic E-state index is 6.17. The highest BCUT2D eigenvalue weighted by molar-refractivity contribution is 9.10. The van der Waals surface area contributed by atoms with Crippen molar-refractivity contribution in [3.05, 3.63) is 87.4 Å².